The van der Waals surface area contributed by atoms with Gasteiger partial charge >= 0.3 is 6.18 Å². The fourth-order valence-corrected chi connectivity index (χ4v) is 8.24. The zero-order valence-electron chi connectivity index (χ0n) is 39.2. The summed E-state index contributed by atoms with van der Waals surface area (Å²) in [5.41, 5.74) is 0.793. The van der Waals surface area contributed by atoms with Gasteiger partial charge < -0.3 is 55.2 Å². The summed E-state index contributed by atoms with van der Waals surface area (Å²) in [6, 6.07) is 15.3. The number of hydrogen-bond donors (Lipinski definition) is 6. The van der Waals surface area contributed by atoms with Gasteiger partial charge in [-0.1, -0.05) is 18.2 Å². The van der Waals surface area contributed by atoms with Crippen LogP contribution in [0.25, 0.3) is 0 Å². The van der Waals surface area contributed by atoms with E-state index in [4.69, 9.17) is 23.7 Å². The number of anilines is 3. The molecule has 2 atom stereocenters. The van der Waals surface area contributed by atoms with E-state index in [-0.39, 0.29) is 59.8 Å². The Morgan fingerprint density at radius 2 is 1.56 bits per heavy atom. The first-order valence-corrected chi connectivity index (χ1v) is 23.0. The van der Waals surface area contributed by atoms with Crippen LogP contribution >= 0.6 is 0 Å². The number of halogens is 3. The van der Waals surface area contributed by atoms with Gasteiger partial charge in [0.05, 0.1) is 86.1 Å². The molecular formula is C48H56F3N9O11. The lowest BCUT2D eigenvalue weighted by Crippen LogP contribution is -2.54. The number of dihydropyridines is 1. The number of nitrogens with one attached hydrogen (secondary N) is 6. The number of fused-ring (bicyclic) bond motifs is 1. The van der Waals surface area contributed by atoms with Crippen LogP contribution in [-0.4, -0.2) is 163 Å². The molecule has 6 amide bonds. The number of carbonyl (C=O) groups excluding carboxylic acids is 6. The average Bonchev–Trinajstić information content (AvgIpc) is 3.61. The fraction of sp³-hybridized carbons (Fsp3) is 0.417. The summed E-state index contributed by atoms with van der Waals surface area (Å²) in [5.74, 6) is -2.98. The molecular weight excluding hydrogens is 936 g/mol. The third-order valence-corrected chi connectivity index (χ3v) is 11.9. The van der Waals surface area contributed by atoms with Crippen molar-refractivity contribution in [2.24, 2.45) is 0 Å². The number of para-hydroxylation sites is 1. The van der Waals surface area contributed by atoms with E-state index in [1.54, 1.807) is 12.1 Å². The highest BCUT2D eigenvalue weighted by molar-refractivity contribution is 6.24. The Morgan fingerprint density at radius 3 is 2.28 bits per heavy atom. The predicted molar refractivity (Wildman–Crippen MR) is 252 cm³/mol. The summed E-state index contributed by atoms with van der Waals surface area (Å²) >= 11 is 0. The molecule has 6 N–H and O–H groups in total. The van der Waals surface area contributed by atoms with Crippen molar-refractivity contribution in [2.45, 2.75) is 31.2 Å². The molecule has 4 heterocycles. The van der Waals surface area contributed by atoms with Gasteiger partial charge in [-0.25, -0.2) is 0 Å². The first-order valence-electron chi connectivity index (χ1n) is 23.0. The highest BCUT2D eigenvalue weighted by Crippen LogP contribution is 2.37. The van der Waals surface area contributed by atoms with Crippen molar-refractivity contribution in [1.82, 2.24) is 31.1 Å². The van der Waals surface area contributed by atoms with E-state index in [1.165, 1.54) is 50.6 Å². The van der Waals surface area contributed by atoms with Crippen LogP contribution in [0, 0.1) is 0 Å². The van der Waals surface area contributed by atoms with Gasteiger partial charge in [0.2, 0.25) is 11.8 Å². The number of methoxy groups -OCH3 is 1. The van der Waals surface area contributed by atoms with Crippen LogP contribution in [0.3, 0.4) is 0 Å². The van der Waals surface area contributed by atoms with Crippen molar-refractivity contribution in [3.63, 3.8) is 0 Å². The molecule has 7 rings (SSSR count). The number of nitrogens with zero attached hydrogens (tertiary/aromatic N) is 3. The van der Waals surface area contributed by atoms with Gasteiger partial charge in [0.1, 0.15) is 23.7 Å². The van der Waals surface area contributed by atoms with Crippen molar-refractivity contribution in [3.05, 3.63) is 101 Å². The Balaban J connectivity index is 0.739. The number of alkyl halides is 3. The second-order valence-electron chi connectivity index (χ2n) is 16.5. The van der Waals surface area contributed by atoms with Crippen molar-refractivity contribution >= 4 is 52.5 Å². The van der Waals surface area contributed by atoms with Gasteiger partial charge in [-0.05, 0) is 48.9 Å². The first kappa shape index (κ1) is 51.6. The minimum absolute atomic E-state index is 0.00426. The Bertz CT molecular complexity index is 2520. The molecule has 2 fully saturated rings. The highest BCUT2D eigenvalue weighted by atomic mass is 19.4. The molecule has 0 radical (unpaired) electrons. The largest absolute Gasteiger partial charge is 0.495 e. The lowest BCUT2D eigenvalue weighted by molar-refractivity contribution is -0.136. The van der Waals surface area contributed by atoms with E-state index in [0.717, 1.165) is 49.5 Å². The van der Waals surface area contributed by atoms with Crippen LogP contribution in [-0.2, 0) is 28.6 Å². The first-order chi connectivity index (χ1) is 34.2. The molecule has 0 bridgehead atoms. The molecule has 0 aliphatic carbocycles. The van der Waals surface area contributed by atoms with Crippen LogP contribution in [0.5, 0.6) is 11.5 Å². The normalized spacial score (nSPS) is 18.2. The van der Waals surface area contributed by atoms with Crippen LogP contribution in [0.2, 0.25) is 0 Å². The summed E-state index contributed by atoms with van der Waals surface area (Å²) < 4.78 is 70.4. The van der Waals surface area contributed by atoms with E-state index in [1.807, 2.05) is 18.2 Å². The maximum absolute atomic E-state index is 14.1. The summed E-state index contributed by atoms with van der Waals surface area (Å²) in [4.78, 5) is 80.4. The number of piperazine rings is 1. The van der Waals surface area contributed by atoms with Crippen LogP contribution in [0.4, 0.5) is 30.2 Å². The maximum Gasteiger partial charge on any atom is 0.419 e. The van der Waals surface area contributed by atoms with E-state index >= 15 is 0 Å². The molecule has 3 aromatic rings. The maximum atomic E-state index is 14.1. The van der Waals surface area contributed by atoms with E-state index in [9.17, 15) is 41.9 Å². The summed E-state index contributed by atoms with van der Waals surface area (Å²) in [6.07, 6.45) is -3.13. The van der Waals surface area contributed by atoms with Crippen LogP contribution in [0.1, 0.15) is 43.9 Å². The molecule has 0 spiro atoms. The zero-order chi connectivity index (χ0) is 50.5. The molecule has 0 saturated carbocycles. The number of benzene rings is 3. The molecule has 71 heavy (non-hydrogen) atoms. The van der Waals surface area contributed by atoms with Crippen molar-refractivity contribution in [3.8, 4) is 11.5 Å². The van der Waals surface area contributed by atoms with Crippen molar-refractivity contribution in [1.29, 1.82) is 0 Å². The Hall–Kier alpha value is -7.21. The number of amides is 6. The second-order valence-corrected chi connectivity index (χ2v) is 16.5. The predicted octanol–water partition coefficient (Wildman–Crippen LogP) is 2.61. The standard InChI is InChI=1S/C48H56F3N9O11/c1-52-44(63)31-6-3-4-8-34(31)55-36-27-40(54-28-33(36)48(49,50)51)56-35-11-10-30(26-39(35)67-2)59-17-15-58(16-18-59)19-21-69-23-25-70-24-22-68-20-14-53-42(62)29-71-38-9-5-7-32-43(38)47(66)60(46(32)65)37-12-13-41(61)57-45(37)64/h3-11,26-28,37,40,54-56H,12-25,29H2,1-2H3,(H,52,63)(H,53,62)(H,57,61,64). The molecule has 2 saturated heterocycles. The van der Waals surface area contributed by atoms with Gasteiger partial charge in [-0.3, -0.25) is 43.9 Å². The number of imide groups is 2. The monoisotopic (exact) mass is 991 g/mol. The van der Waals surface area contributed by atoms with E-state index in [2.05, 4.69) is 41.7 Å². The third-order valence-electron chi connectivity index (χ3n) is 11.9. The minimum Gasteiger partial charge on any atom is -0.495 e. The smallest absolute Gasteiger partial charge is 0.419 e. The molecule has 20 nitrogen and oxygen atoms in total. The minimum atomic E-state index is -4.67. The average molecular weight is 992 g/mol. The summed E-state index contributed by atoms with van der Waals surface area (Å²) in [7, 11) is 2.98. The van der Waals surface area contributed by atoms with Crippen LogP contribution < -0.4 is 46.3 Å². The summed E-state index contributed by atoms with van der Waals surface area (Å²) in [6.45, 7) is 5.81. The molecule has 4 aliphatic rings. The number of piperidine rings is 1. The fourth-order valence-electron chi connectivity index (χ4n) is 8.24. The number of ether oxygens (including phenoxy) is 5. The van der Waals surface area contributed by atoms with E-state index < -0.39 is 66.0 Å². The number of rotatable bonds is 23. The Morgan fingerprint density at radius 1 is 0.831 bits per heavy atom. The molecule has 4 aliphatic heterocycles. The summed E-state index contributed by atoms with van der Waals surface area (Å²) in [5, 5.41) is 16.1. The third kappa shape index (κ3) is 13.2. The zero-order valence-corrected chi connectivity index (χ0v) is 39.2. The van der Waals surface area contributed by atoms with Gasteiger partial charge in [0.15, 0.2) is 6.61 Å². The Labute approximate surface area is 407 Å². The van der Waals surface area contributed by atoms with Crippen LogP contribution in [0.15, 0.2) is 84.2 Å². The number of hydrogen-bond acceptors (Lipinski definition) is 16. The van der Waals surface area contributed by atoms with Crippen molar-refractivity contribution in [2.75, 3.05) is 115 Å². The highest BCUT2D eigenvalue weighted by Gasteiger charge is 2.46. The molecule has 2 unspecified atom stereocenters. The molecule has 3 aromatic carbocycles. The number of carbonyl (C=O) groups is 6. The lowest BCUT2D eigenvalue weighted by atomic mass is 10.0. The molecule has 380 valence electrons. The van der Waals surface area contributed by atoms with Gasteiger partial charge in [-0.15, -0.1) is 0 Å². The lowest BCUT2D eigenvalue weighted by Gasteiger charge is -2.36. The van der Waals surface area contributed by atoms with Gasteiger partial charge in [0.25, 0.3) is 23.6 Å². The Kier molecular flexibility index (Phi) is 17.5. The van der Waals surface area contributed by atoms with Crippen molar-refractivity contribution < 1.29 is 65.6 Å². The molecule has 23 heteroatoms. The van der Waals surface area contributed by atoms with E-state index in [0.29, 0.717) is 44.5 Å². The van der Waals surface area contributed by atoms with Gasteiger partial charge in [0, 0.05) is 70.7 Å². The number of allylic oxidation sites excluding steroid dienone is 1. The van der Waals surface area contributed by atoms with Gasteiger partial charge in [-0.2, -0.15) is 13.2 Å². The molecule has 0 aromatic heterocycles. The second kappa shape index (κ2) is 24.1. The quantitative estimate of drug-likeness (QED) is 0.0593. The topological polar surface area (TPSA) is 230 Å². The SMILES string of the molecule is CNC(=O)c1ccccc1NC1=CC(Nc2ccc(N3CCN(CCOCCOCCOCCNC(=O)COc4cccc5c4C(=O)N(C4CCC(=O)NC4=O)C5=O)CC3)cc2OC)NC=C1C(F)(F)F.